The first-order valence-corrected chi connectivity index (χ1v) is 6.74. The highest BCUT2D eigenvalue weighted by molar-refractivity contribution is 5.93. The van der Waals surface area contributed by atoms with Crippen molar-refractivity contribution < 1.29 is 19.1 Å². The average Bonchev–Trinajstić information content (AvgIpc) is 2.49. The lowest BCUT2D eigenvalue weighted by atomic mass is 10.1. The van der Waals surface area contributed by atoms with Crippen LogP contribution in [0, 0.1) is 0 Å². The molecule has 1 aromatic carbocycles. The van der Waals surface area contributed by atoms with Crippen LogP contribution in [0.5, 0.6) is 0 Å². The van der Waals surface area contributed by atoms with Crippen LogP contribution in [-0.2, 0) is 9.47 Å². The van der Waals surface area contributed by atoms with Gasteiger partial charge in [-0.15, -0.1) is 6.58 Å². The second-order valence-corrected chi connectivity index (χ2v) is 4.28. The molecule has 0 atom stereocenters. The van der Waals surface area contributed by atoms with Gasteiger partial charge in [0.25, 0.3) is 0 Å². The number of ether oxygens (including phenoxy) is 2. The van der Waals surface area contributed by atoms with E-state index >= 15 is 0 Å². The minimum Gasteiger partial charge on any atom is -0.458 e. The van der Waals surface area contributed by atoms with Gasteiger partial charge in [0.05, 0.1) is 11.1 Å². The van der Waals surface area contributed by atoms with Gasteiger partial charge in [-0.1, -0.05) is 25.8 Å². The summed E-state index contributed by atoms with van der Waals surface area (Å²) in [7, 11) is 0. The van der Waals surface area contributed by atoms with Crippen LogP contribution in [0.1, 0.15) is 46.9 Å². The molecule has 2 aliphatic rings. The highest BCUT2D eigenvalue weighted by atomic mass is 16.6. The van der Waals surface area contributed by atoms with E-state index in [1.807, 2.05) is 6.08 Å². The Morgan fingerprint density at radius 3 is 1.80 bits per heavy atom. The van der Waals surface area contributed by atoms with Crippen LogP contribution in [0.15, 0.2) is 36.9 Å². The lowest BCUT2D eigenvalue weighted by Gasteiger charge is -2.09. The van der Waals surface area contributed by atoms with Crippen molar-refractivity contribution in [1.82, 2.24) is 0 Å². The van der Waals surface area contributed by atoms with Crippen molar-refractivity contribution in [2.45, 2.75) is 26.2 Å². The molecule has 4 heteroatoms. The molecule has 1 aromatic rings. The highest BCUT2D eigenvalue weighted by Crippen LogP contribution is 2.09. The van der Waals surface area contributed by atoms with Gasteiger partial charge < -0.3 is 9.47 Å². The molecule has 0 unspecified atom stereocenters. The fourth-order valence-corrected chi connectivity index (χ4v) is 1.53. The number of allylic oxidation sites excluding steroid dienone is 1. The predicted molar refractivity (Wildman–Crippen MR) is 76.7 cm³/mol. The van der Waals surface area contributed by atoms with E-state index in [0.717, 1.165) is 0 Å². The normalized spacial score (nSPS) is 13.7. The SMILES string of the molecule is C=CCCCC.O=C1OCCOC(=O)c2ccc1cc2. The van der Waals surface area contributed by atoms with E-state index in [1.54, 1.807) is 24.3 Å². The highest BCUT2D eigenvalue weighted by Gasteiger charge is 2.13. The van der Waals surface area contributed by atoms with Crippen LogP contribution in [-0.4, -0.2) is 25.2 Å². The van der Waals surface area contributed by atoms with Gasteiger partial charge in [0.1, 0.15) is 13.2 Å². The maximum Gasteiger partial charge on any atom is 0.338 e. The van der Waals surface area contributed by atoms with Crippen LogP contribution < -0.4 is 0 Å². The maximum absolute atomic E-state index is 11.3. The monoisotopic (exact) mass is 276 g/mol. The van der Waals surface area contributed by atoms with Gasteiger partial charge in [-0.05, 0) is 30.7 Å². The largest absolute Gasteiger partial charge is 0.458 e. The summed E-state index contributed by atoms with van der Waals surface area (Å²) in [4.78, 5) is 22.5. The summed E-state index contributed by atoms with van der Waals surface area (Å²) in [5.41, 5.74) is 0.895. The van der Waals surface area contributed by atoms with Gasteiger partial charge in [0, 0.05) is 0 Å². The van der Waals surface area contributed by atoms with Crippen molar-refractivity contribution in [3.8, 4) is 0 Å². The Labute approximate surface area is 119 Å². The van der Waals surface area contributed by atoms with E-state index in [4.69, 9.17) is 9.47 Å². The standard InChI is InChI=1S/C10H8O4.C6H12/c11-9-7-1-2-8(4-3-7)10(12)14-6-5-13-9;1-3-5-6-4-2/h1-4H,5-6H2;3H,1,4-6H2,2H3. The van der Waals surface area contributed by atoms with E-state index in [1.165, 1.54) is 19.3 Å². The molecule has 2 bridgehead atoms. The summed E-state index contributed by atoms with van der Waals surface area (Å²) in [5, 5.41) is 0. The zero-order valence-electron chi connectivity index (χ0n) is 11.8. The van der Waals surface area contributed by atoms with Crippen molar-refractivity contribution >= 4 is 11.9 Å². The molecule has 0 amide bonds. The van der Waals surface area contributed by atoms with Gasteiger partial charge in [0.15, 0.2) is 0 Å². The van der Waals surface area contributed by atoms with Gasteiger partial charge in [-0.25, -0.2) is 9.59 Å². The summed E-state index contributed by atoms with van der Waals surface area (Å²) in [6, 6.07) is 6.18. The molecular weight excluding hydrogens is 256 g/mol. The van der Waals surface area contributed by atoms with E-state index in [0.29, 0.717) is 11.1 Å². The number of hydrogen-bond donors (Lipinski definition) is 0. The summed E-state index contributed by atoms with van der Waals surface area (Å²) in [5.74, 6) is -0.788. The summed E-state index contributed by atoms with van der Waals surface area (Å²) >= 11 is 0. The Hall–Kier alpha value is -2.10. The first kappa shape index (κ1) is 16.0. The van der Waals surface area contributed by atoms with Gasteiger partial charge in [-0.3, -0.25) is 0 Å². The molecule has 4 nitrogen and oxygen atoms in total. The molecule has 0 saturated carbocycles. The van der Waals surface area contributed by atoms with Crippen LogP contribution in [0.2, 0.25) is 0 Å². The molecule has 0 fully saturated rings. The number of rotatable bonds is 3. The Morgan fingerprint density at radius 1 is 1.05 bits per heavy atom. The third-order valence-electron chi connectivity index (χ3n) is 2.67. The lowest BCUT2D eigenvalue weighted by molar-refractivity contribution is 0.0260. The average molecular weight is 276 g/mol. The van der Waals surface area contributed by atoms with Crippen LogP contribution in [0.4, 0.5) is 0 Å². The summed E-state index contributed by atoms with van der Waals surface area (Å²) in [6.45, 7) is 5.98. The molecule has 108 valence electrons. The Kier molecular flexibility index (Phi) is 7.11. The minimum absolute atomic E-state index is 0.100. The summed E-state index contributed by atoms with van der Waals surface area (Å²) in [6.07, 6.45) is 5.72. The summed E-state index contributed by atoms with van der Waals surface area (Å²) < 4.78 is 9.66. The molecule has 2 aliphatic heterocycles. The number of esters is 2. The first-order chi connectivity index (χ1) is 9.69. The number of unbranched alkanes of at least 4 members (excludes halogenated alkanes) is 2. The number of carbonyl (C=O) groups excluding carboxylic acids is 2. The predicted octanol–water partition coefficient (Wildman–Crippen LogP) is 3.38. The first-order valence-electron chi connectivity index (χ1n) is 6.74. The second kappa shape index (κ2) is 8.91. The number of hydrogen-bond acceptors (Lipinski definition) is 4. The van der Waals surface area contributed by atoms with E-state index < -0.39 is 11.9 Å². The minimum atomic E-state index is -0.394. The van der Waals surface area contributed by atoms with Crippen LogP contribution >= 0.6 is 0 Å². The number of carbonyl (C=O) groups is 2. The fraction of sp³-hybridized carbons (Fsp3) is 0.375. The lowest BCUT2D eigenvalue weighted by Crippen LogP contribution is -2.16. The molecule has 20 heavy (non-hydrogen) atoms. The molecule has 0 aliphatic carbocycles. The Balaban J connectivity index is 0.000000286. The Morgan fingerprint density at radius 2 is 1.50 bits per heavy atom. The van der Waals surface area contributed by atoms with E-state index in [-0.39, 0.29) is 13.2 Å². The molecule has 0 aromatic heterocycles. The maximum atomic E-state index is 11.3. The number of benzene rings is 1. The van der Waals surface area contributed by atoms with Gasteiger partial charge >= 0.3 is 11.9 Å². The van der Waals surface area contributed by atoms with Crippen molar-refractivity contribution in [2.75, 3.05) is 13.2 Å². The van der Waals surface area contributed by atoms with E-state index in [2.05, 4.69) is 13.5 Å². The third-order valence-corrected chi connectivity index (χ3v) is 2.67. The molecule has 0 radical (unpaired) electrons. The van der Waals surface area contributed by atoms with E-state index in [9.17, 15) is 9.59 Å². The number of fused-ring (bicyclic) bond motifs is 7. The van der Waals surface area contributed by atoms with Crippen molar-refractivity contribution in [3.05, 3.63) is 48.0 Å². The molecule has 0 N–H and O–H groups in total. The van der Waals surface area contributed by atoms with Crippen LogP contribution in [0.25, 0.3) is 0 Å². The van der Waals surface area contributed by atoms with Gasteiger partial charge in [0.2, 0.25) is 0 Å². The topological polar surface area (TPSA) is 52.6 Å². The third kappa shape index (κ3) is 5.26. The molecule has 0 saturated heterocycles. The zero-order chi connectivity index (χ0) is 14.8. The molecular formula is C16H20O4. The smallest absolute Gasteiger partial charge is 0.338 e. The van der Waals surface area contributed by atoms with Crippen molar-refractivity contribution in [1.29, 1.82) is 0 Å². The molecule has 2 heterocycles. The van der Waals surface area contributed by atoms with Crippen molar-refractivity contribution in [2.24, 2.45) is 0 Å². The Bertz CT molecular complexity index is 411. The fourth-order valence-electron chi connectivity index (χ4n) is 1.53. The second-order valence-electron chi connectivity index (χ2n) is 4.28. The zero-order valence-corrected chi connectivity index (χ0v) is 11.8. The van der Waals surface area contributed by atoms with Gasteiger partial charge in [-0.2, -0.15) is 0 Å². The molecule has 0 spiro atoms. The van der Waals surface area contributed by atoms with Crippen molar-refractivity contribution in [3.63, 3.8) is 0 Å². The van der Waals surface area contributed by atoms with Crippen LogP contribution in [0.3, 0.4) is 0 Å². The quantitative estimate of drug-likeness (QED) is 0.482. The molecule has 3 rings (SSSR count).